The molecule has 2 amide bonds. The fraction of sp³-hybridized carbons (Fsp3) is 0.333. The first kappa shape index (κ1) is 27.6. The molecule has 0 saturated heterocycles. The van der Waals surface area contributed by atoms with Crippen molar-refractivity contribution >= 4 is 34.6 Å². The van der Waals surface area contributed by atoms with Crippen LogP contribution in [0.15, 0.2) is 71.9 Å². The fourth-order valence-corrected chi connectivity index (χ4v) is 4.06. The van der Waals surface area contributed by atoms with Gasteiger partial charge in [-0.2, -0.15) is 0 Å². The predicted molar refractivity (Wildman–Crippen MR) is 155 cm³/mol. The molecular formula is C30H39N5O2. The van der Waals surface area contributed by atoms with Crippen LogP contribution < -0.4 is 20.9 Å². The van der Waals surface area contributed by atoms with Gasteiger partial charge in [0, 0.05) is 30.0 Å². The van der Waals surface area contributed by atoms with E-state index in [1.807, 2.05) is 80.6 Å². The summed E-state index contributed by atoms with van der Waals surface area (Å²) in [5.41, 5.74) is 5.96. The lowest BCUT2D eigenvalue weighted by Crippen LogP contribution is -2.32. The molecule has 196 valence electrons. The van der Waals surface area contributed by atoms with Crippen molar-refractivity contribution in [2.75, 3.05) is 33.9 Å². The number of hydrogen-bond donors (Lipinski definition) is 4. The summed E-state index contributed by atoms with van der Waals surface area (Å²) in [5.74, 6) is 1.16. The highest BCUT2D eigenvalue weighted by Crippen LogP contribution is 2.30. The van der Waals surface area contributed by atoms with E-state index in [9.17, 15) is 10.0 Å². The quantitative estimate of drug-likeness (QED) is 0.107. The molecule has 0 bridgehead atoms. The van der Waals surface area contributed by atoms with E-state index in [0.717, 1.165) is 35.6 Å². The molecule has 0 saturated carbocycles. The number of amides is 2. The third-order valence-electron chi connectivity index (χ3n) is 5.75. The van der Waals surface area contributed by atoms with Crippen molar-refractivity contribution < 1.29 is 10.0 Å². The van der Waals surface area contributed by atoms with Gasteiger partial charge in [-0.05, 0) is 68.1 Å². The highest BCUT2D eigenvalue weighted by molar-refractivity contribution is 6.10. The number of nitrogens with zero attached hydrogens (tertiary/aromatic N) is 2. The number of aryl methyl sites for hydroxylation is 2. The molecule has 0 unspecified atom stereocenters. The van der Waals surface area contributed by atoms with E-state index in [4.69, 9.17) is 0 Å². The molecule has 0 aliphatic heterocycles. The van der Waals surface area contributed by atoms with Crippen molar-refractivity contribution in [3.63, 3.8) is 0 Å². The Bertz CT molecular complexity index is 1190. The Labute approximate surface area is 220 Å². The maximum Gasteiger partial charge on any atom is 0.323 e. The van der Waals surface area contributed by atoms with Gasteiger partial charge < -0.3 is 26.1 Å². The first-order chi connectivity index (χ1) is 17.6. The van der Waals surface area contributed by atoms with Gasteiger partial charge in [0.05, 0.1) is 11.4 Å². The topological polar surface area (TPSA) is 89.0 Å². The molecular weight excluding hydrogens is 462 g/mol. The van der Waals surface area contributed by atoms with E-state index in [0.29, 0.717) is 28.8 Å². The van der Waals surface area contributed by atoms with Crippen LogP contribution in [0.3, 0.4) is 0 Å². The van der Waals surface area contributed by atoms with Crippen LogP contribution in [0.2, 0.25) is 0 Å². The Morgan fingerprint density at radius 1 is 0.784 bits per heavy atom. The summed E-state index contributed by atoms with van der Waals surface area (Å²) in [6.45, 7) is 14.4. The van der Waals surface area contributed by atoms with Crippen LogP contribution in [0.1, 0.15) is 44.4 Å². The molecule has 4 N–H and O–H groups in total. The first-order valence-corrected chi connectivity index (χ1v) is 12.7. The van der Waals surface area contributed by atoms with Gasteiger partial charge >= 0.3 is 6.03 Å². The summed E-state index contributed by atoms with van der Waals surface area (Å²) in [6, 6.07) is 20.9. The number of rotatable bonds is 9. The second kappa shape index (κ2) is 12.8. The van der Waals surface area contributed by atoms with Gasteiger partial charge in [-0.15, -0.1) is 0 Å². The number of oxime groups is 1. The molecule has 0 aliphatic rings. The van der Waals surface area contributed by atoms with E-state index in [-0.39, 0.29) is 11.9 Å². The normalized spacial score (nSPS) is 11.5. The Morgan fingerprint density at radius 2 is 1.30 bits per heavy atom. The van der Waals surface area contributed by atoms with E-state index in [1.54, 1.807) is 0 Å². The van der Waals surface area contributed by atoms with E-state index in [1.165, 1.54) is 0 Å². The van der Waals surface area contributed by atoms with Crippen molar-refractivity contribution in [3.8, 4) is 0 Å². The lowest BCUT2D eigenvalue weighted by Gasteiger charge is -2.30. The molecule has 0 spiro atoms. The van der Waals surface area contributed by atoms with Crippen molar-refractivity contribution in [1.82, 2.24) is 0 Å². The highest BCUT2D eigenvalue weighted by Gasteiger charge is 2.18. The summed E-state index contributed by atoms with van der Waals surface area (Å²) in [5, 5.41) is 22.4. The number of amidine groups is 1. The van der Waals surface area contributed by atoms with Crippen molar-refractivity contribution in [1.29, 1.82) is 0 Å². The lowest BCUT2D eigenvalue weighted by atomic mass is 10.1. The average molecular weight is 502 g/mol. The third kappa shape index (κ3) is 8.27. The molecule has 7 nitrogen and oxygen atoms in total. The number of carbonyl (C=O) groups excluding carboxylic acids is 1. The van der Waals surface area contributed by atoms with E-state index in [2.05, 4.69) is 53.7 Å². The molecule has 0 atom stereocenters. The fourth-order valence-electron chi connectivity index (χ4n) is 4.06. The second-order valence-electron chi connectivity index (χ2n) is 10.3. The number of benzene rings is 3. The number of nitrogens with one attached hydrogen (secondary N) is 3. The first-order valence-electron chi connectivity index (χ1n) is 12.7. The Morgan fingerprint density at radius 3 is 1.78 bits per heavy atom. The van der Waals surface area contributed by atoms with Gasteiger partial charge in [0.15, 0.2) is 5.84 Å². The number of anilines is 4. The molecule has 0 heterocycles. The van der Waals surface area contributed by atoms with Gasteiger partial charge in [-0.3, -0.25) is 0 Å². The van der Waals surface area contributed by atoms with Crippen molar-refractivity contribution in [3.05, 3.63) is 83.4 Å². The summed E-state index contributed by atoms with van der Waals surface area (Å²) >= 11 is 0. The highest BCUT2D eigenvalue weighted by atomic mass is 16.4. The van der Waals surface area contributed by atoms with Crippen LogP contribution in [-0.2, 0) is 0 Å². The minimum Gasteiger partial charge on any atom is -0.409 e. The summed E-state index contributed by atoms with van der Waals surface area (Å²) in [4.78, 5) is 15.3. The standard InChI is InChI=1S/C30H39N5O2/c1-20(2)18-35(19-21(3)4)28-16-11-24(29(34-37)31-25-12-7-22(5)8-13-25)17-27(28)33-30(36)32-26-14-9-23(6)10-15-26/h7-17,20-21,37H,18-19H2,1-6H3,(H,31,34)(H2,32,33,36). The predicted octanol–water partition coefficient (Wildman–Crippen LogP) is 7.31. The Hall–Kier alpha value is -4.00. The summed E-state index contributed by atoms with van der Waals surface area (Å²) in [6.07, 6.45) is 0. The zero-order valence-electron chi connectivity index (χ0n) is 22.7. The van der Waals surface area contributed by atoms with Gasteiger partial charge in [-0.25, -0.2) is 4.79 Å². The lowest BCUT2D eigenvalue weighted by molar-refractivity contribution is 0.262. The Kier molecular flexibility index (Phi) is 9.55. The molecule has 7 heteroatoms. The molecule has 0 radical (unpaired) electrons. The minimum absolute atomic E-state index is 0.289. The summed E-state index contributed by atoms with van der Waals surface area (Å²) in [7, 11) is 0. The van der Waals surface area contributed by atoms with Crippen molar-refractivity contribution in [2.45, 2.75) is 41.5 Å². The largest absolute Gasteiger partial charge is 0.409 e. The molecule has 3 rings (SSSR count). The van der Waals surface area contributed by atoms with Gasteiger partial charge in [0.25, 0.3) is 0 Å². The maximum atomic E-state index is 13.0. The summed E-state index contributed by atoms with van der Waals surface area (Å²) < 4.78 is 0. The Balaban J connectivity index is 1.95. The minimum atomic E-state index is -0.342. The third-order valence-corrected chi connectivity index (χ3v) is 5.75. The van der Waals surface area contributed by atoms with Crippen LogP contribution in [0.25, 0.3) is 0 Å². The monoisotopic (exact) mass is 501 g/mol. The molecule has 3 aromatic carbocycles. The molecule has 0 fully saturated rings. The van der Waals surface area contributed by atoms with Gasteiger partial charge in [-0.1, -0.05) is 68.2 Å². The zero-order chi connectivity index (χ0) is 26.9. The van der Waals surface area contributed by atoms with Gasteiger partial charge in [0.1, 0.15) is 0 Å². The van der Waals surface area contributed by atoms with Crippen LogP contribution in [0.5, 0.6) is 0 Å². The molecule has 3 aromatic rings. The maximum absolute atomic E-state index is 13.0. The van der Waals surface area contributed by atoms with Crippen LogP contribution in [0, 0.1) is 25.7 Å². The smallest absolute Gasteiger partial charge is 0.323 e. The van der Waals surface area contributed by atoms with Crippen LogP contribution in [-0.4, -0.2) is 30.2 Å². The van der Waals surface area contributed by atoms with Crippen LogP contribution >= 0.6 is 0 Å². The number of urea groups is 1. The van der Waals surface area contributed by atoms with E-state index >= 15 is 0 Å². The number of carbonyl (C=O) groups is 1. The van der Waals surface area contributed by atoms with Crippen LogP contribution in [0.4, 0.5) is 27.5 Å². The zero-order valence-corrected chi connectivity index (χ0v) is 22.7. The molecule has 0 aliphatic carbocycles. The van der Waals surface area contributed by atoms with Gasteiger partial charge in [0.2, 0.25) is 0 Å². The van der Waals surface area contributed by atoms with Crippen molar-refractivity contribution in [2.24, 2.45) is 17.0 Å². The number of hydrogen-bond acceptors (Lipinski definition) is 4. The SMILES string of the molecule is Cc1ccc(NC(=O)Nc2cc(C(=NO)Nc3ccc(C)cc3)ccc2N(CC(C)C)CC(C)C)cc1. The molecule has 0 aromatic heterocycles. The molecule has 37 heavy (non-hydrogen) atoms. The average Bonchev–Trinajstić information content (AvgIpc) is 2.84. The van der Waals surface area contributed by atoms with E-state index < -0.39 is 0 Å². The second-order valence-corrected chi connectivity index (χ2v) is 10.3.